The SMILES string of the molecule is Cc1ccc(CNC(=O)CCNC(=O)[C@@H]2C[C@H]2C)cn1. The molecule has 0 unspecified atom stereocenters. The van der Waals surface area contributed by atoms with E-state index in [9.17, 15) is 9.59 Å². The molecule has 5 heteroatoms. The van der Waals surface area contributed by atoms with Crippen LogP contribution in [0.15, 0.2) is 18.3 Å². The van der Waals surface area contributed by atoms with Crippen LogP contribution in [0.2, 0.25) is 0 Å². The molecule has 1 fully saturated rings. The zero-order chi connectivity index (χ0) is 14.5. The lowest BCUT2D eigenvalue weighted by atomic mass is 10.2. The van der Waals surface area contributed by atoms with Crippen molar-refractivity contribution in [2.24, 2.45) is 11.8 Å². The van der Waals surface area contributed by atoms with Crippen molar-refractivity contribution in [1.82, 2.24) is 15.6 Å². The summed E-state index contributed by atoms with van der Waals surface area (Å²) in [6.45, 7) is 4.86. The maximum Gasteiger partial charge on any atom is 0.223 e. The third kappa shape index (κ3) is 4.33. The first-order valence-corrected chi connectivity index (χ1v) is 7.02. The molecule has 0 saturated heterocycles. The van der Waals surface area contributed by atoms with Gasteiger partial charge in [-0.15, -0.1) is 0 Å². The Kier molecular flexibility index (Phi) is 4.71. The smallest absolute Gasteiger partial charge is 0.223 e. The lowest BCUT2D eigenvalue weighted by Gasteiger charge is -2.06. The maximum atomic E-state index is 11.6. The van der Waals surface area contributed by atoms with Gasteiger partial charge in [0.15, 0.2) is 0 Å². The summed E-state index contributed by atoms with van der Waals surface area (Å²) in [4.78, 5) is 27.4. The van der Waals surface area contributed by atoms with Crippen LogP contribution in [0.5, 0.6) is 0 Å². The van der Waals surface area contributed by atoms with Gasteiger partial charge in [0.25, 0.3) is 0 Å². The zero-order valence-corrected chi connectivity index (χ0v) is 12.0. The first-order chi connectivity index (χ1) is 9.56. The van der Waals surface area contributed by atoms with Crippen molar-refractivity contribution in [2.75, 3.05) is 6.54 Å². The van der Waals surface area contributed by atoms with Crippen molar-refractivity contribution in [1.29, 1.82) is 0 Å². The average Bonchev–Trinajstić information content (AvgIpc) is 3.15. The van der Waals surface area contributed by atoms with Crippen molar-refractivity contribution in [3.05, 3.63) is 29.6 Å². The number of rotatable bonds is 6. The second-order valence-corrected chi connectivity index (χ2v) is 5.45. The van der Waals surface area contributed by atoms with E-state index in [1.165, 1.54) is 0 Å². The summed E-state index contributed by atoms with van der Waals surface area (Å²) in [5, 5.41) is 5.61. The number of nitrogens with one attached hydrogen (secondary N) is 2. The Balaban J connectivity index is 1.60. The Morgan fingerprint density at radius 3 is 2.70 bits per heavy atom. The molecule has 0 spiro atoms. The van der Waals surface area contributed by atoms with E-state index in [1.807, 2.05) is 19.1 Å². The number of carbonyl (C=O) groups excluding carboxylic acids is 2. The molecular weight excluding hydrogens is 254 g/mol. The summed E-state index contributed by atoms with van der Waals surface area (Å²) < 4.78 is 0. The van der Waals surface area contributed by atoms with Gasteiger partial charge in [0, 0.05) is 37.3 Å². The van der Waals surface area contributed by atoms with Crippen molar-refractivity contribution in [2.45, 2.75) is 33.2 Å². The summed E-state index contributed by atoms with van der Waals surface area (Å²) in [7, 11) is 0. The Hall–Kier alpha value is -1.91. The Morgan fingerprint density at radius 1 is 1.35 bits per heavy atom. The van der Waals surface area contributed by atoms with Gasteiger partial charge in [0.1, 0.15) is 0 Å². The van der Waals surface area contributed by atoms with Gasteiger partial charge in [-0.2, -0.15) is 0 Å². The molecule has 1 aliphatic carbocycles. The minimum atomic E-state index is -0.0604. The molecule has 5 nitrogen and oxygen atoms in total. The van der Waals surface area contributed by atoms with Crippen LogP contribution < -0.4 is 10.6 Å². The molecule has 1 heterocycles. The summed E-state index contributed by atoms with van der Waals surface area (Å²) in [6, 6.07) is 3.86. The summed E-state index contributed by atoms with van der Waals surface area (Å²) in [5.41, 5.74) is 1.93. The van der Waals surface area contributed by atoms with Gasteiger partial charge in [-0.3, -0.25) is 14.6 Å². The maximum absolute atomic E-state index is 11.6. The number of aromatic nitrogens is 1. The highest BCUT2D eigenvalue weighted by molar-refractivity contribution is 5.82. The van der Waals surface area contributed by atoms with Crippen molar-refractivity contribution in [3.8, 4) is 0 Å². The van der Waals surface area contributed by atoms with Crippen LogP contribution in [0.25, 0.3) is 0 Å². The van der Waals surface area contributed by atoms with Crippen LogP contribution in [0.4, 0.5) is 0 Å². The lowest BCUT2D eigenvalue weighted by Crippen LogP contribution is -2.31. The molecule has 0 radical (unpaired) electrons. The standard InChI is InChI=1S/C15H21N3O2/c1-10-7-13(10)15(20)16-6-5-14(19)18-9-12-4-3-11(2)17-8-12/h3-4,8,10,13H,5-7,9H2,1-2H3,(H,16,20)(H,18,19)/t10-,13-/m1/s1. The number of hydrogen-bond donors (Lipinski definition) is 2. The molecule has 2 amide bonds. The second-order valence-electron chi connectivity index (χ2n) is 5.45. The molecule has 0 aliphatic heterocycles. The van der Waals surface area contributed by atoms with E-state index in [0.717, 1.165) is 17.7 Å². The van der Waals surface area contributed by atoms with Crippen LogP contribution >= 0.6 is 0 Å². The number of carbonyl (C=O) groups is 2. The molecule has 1 aromatic heterocycles. The van der Waals surface area contributed by atoms with E-state index >= 15 is 0 Å². The van der Waals surface area contributed by atoms with Crippen LogP contribution in [0.3, 0.4) is 0 Å². The summed E-state index contributed by atoms with van der Waals surface area (Å²) >= 11 is 0. The lowest BCUT2D eigenvalue weighted by molar-refractivity contribution is -0.123. The summed E-state index contributed by atoms with van der Waals surface area (Å²) in [6.07, 6.45) is 3.04. The zero-order valence-electron chi connectivity index (χ0n) is 12.0. The topological polar surface area (TPSA) is 71.1 Å². The Labute approximate surface area is 119 Å². The highest BCUT2D eigenvalue weighted by Gasteiger charge is 2.38. The quantitative estimate of drug-likeness (QED) is 0.818. The van der Waals surface area contributed by atoms with E-state index in [-0.39, 0.29) is 17.7 Å². The highest BCUT2D eigenvalue weighted by atomic mass is 16.2. The van der Waals surface area contributed by atoms with Crippen LogP contribution in [-0.2, 0) is 16.1 Å². The first-order valence-electron chi connectivity index (χ1n) is 7.02. The fourth-order valence-corrected chi connectivity index (χ4v) is 2.01. The van der Waals surface area contributed by atoms with Gasteiger partial charge in [-0.1, -0.05) is 13.0 Å². The fourth-order valence-electron chi connectivity index (χ4n) is 2.01. The monoisotopic (exact) mass is 275 g/mol. The molecule has 108 valence electrons. The highest BCUT2D eigenvalue weighted by Crippen LogP contribution is 2.37. The predicted molar refractivity (Wildman–Crippen MR) is 75.7 cm³/mol. The third-order valence-electron chi connectivity index (χ3n) is 3.56. The molecule has 2 rings (SSSR count). The predicted octanol–water partition coefficient (Wildman–Crippen LogP) is 1.17. The average molecular weight is 275 g/mol. The minimum absolute atomic E-state index is 0.0604. The number of amides is 2. The first kappa shape index (κ1) is 14.5. The van der Waals surface area contributed by atoms with Crippen LogP contribution in [0, 0.1) is 18.8 Å². The van der Waals surface area contributed by atoms with Crippen molar-refractivity contribution < 1.29 is 9.59 Å². The fraction of sp³-hybridized carbons (Fsp3) is 0.533. The van der Waals surface area contributed by atoms with E-state index in [1.54, 1.807) is 6.20 Å². The van der Waals surface area contributed by atoms with Crippen LogP contribution in [0.1, 0.15) is 31.0 Å². The van der Waals surface area contributed by atoms with Gasteiger partial charge < -0.3 is 10.6 Å². The molecule has 20 heavy (non-hydrogen) atoms. The van der Waals surface area contributed by atoms with Gasteiger partial charge in [-0.25, -0.2) is 0 Å². The normalized spacial score (nSPS) is 20.3. The number of pyridine rings is 1. The molecule has 1 saturated carbocycles. The van der Waals surface area contributed by atoms with E-state index in [4.69, 9.17) is 0 Å². The number of hydrogen-bond acceptors (Lipinski definition) is 3. The largest absolute Gasteiger partial charge is 0.355 e. The van der Waals surface area contributed by atoms with Gasteiger partial charge in [0.05, 0.1) is 0 Å². The van der Waals surface area contributed by atoms with E-state index < -0.39 is 0 Å². The van der Waals surface area contributed by atoms with Gasteiger partial charge in [-0.05, 0) is 30.9 Å². The summed E-state index contributed by atoms with van der Waals surface area (Å²) in [5.74, 6) is 0.678. The molecular formula is C15H21N3O2. The minimum Gasteiger partial charge on any atom is -0.355 e. The third-order valence-corrected chi connectivity index (χ3v) is 3.56. The van der Waals surface area contributed by atoms with Gasteiger partial charge >= 0.3 is 0 Å². The Bertz CT molecular complexity index is 484. The van der Waals surface area contributed by atoms with Crippen molar-refractivity contribution >= 4 is 11.8 Å². The molecule has 2 N–H and O–H groups in total. The molecule has 1 aromatic rings. The molecule has 1 aliphatic rings. The number of aryl methyl sites for hydroxylation is 1. The number of nitrogens with zero attached hydrogens (tertiary/aromatic N) is 1. The van der Waals surface area contributed by atoms with E-state index in [2.05, 4.69) is 22.5 Å². The Morgan fingerprint density at radius 2 is 2.10 bits per heavy atom. The van der Waals surface area contributed by atoms with E-state index in [0.29, 0.717) is 25.4 Å². The van der Waals surface area contributed by atoms with Crippen LogP contribution in [-0.4, -0.2) is 23.3 Å². The molecule has 0 bridgehead atoms. The second kappa shape index (κ2) is 6.50. The van der Waals surface area contributed by atoms with Gasteiger partial charge in [0.2, 0.25) is 11.8 Å². The molecule has 2 atom stereocenters. The molecule has 0 aromatic carbocycles. The van der Waals surface area contributed by atoms with Crippen molar-refractivity contribution in [3.63, 3.8) is 0 Å².